The summed E-state index contributed by atoms with van der Waals surface area (Å²) < 4.78 is 25.3. The van der Waals surface area contributed by atoms with Gasteiger partial charge in [-0.2, -0.15) is 0 Å². The van der Waals surface area contributed by atoms with Crippen molar-refractivity contribution in [1.82, 2.24) is 5.32 Å². The number of aliphatic hydroxyl groups is 1. The van der Waals surface area contributed by atoms with Gasteiger partial charge in [-0.05, 0) is 66.1 Å². The summed E-state index contributed by atoms with van der Waals surface area (Å²) >= 11 is 5.94. The first-order chi connectivity index (χ1) is 15.2. The molecule has 0 fully saturated rings. The quantitative estimate of drug-likeness (QED) is 0.386. The number of carbonyl (C=O) groups is 1. The predicted molar refractivity (Wildman–Crippen MR) is 124 cm³/mol. The second kappa shape index (κ2) is 10.7. The lowest BCUT2D eigenvalue weighted by Crippen LogP contribution is -2.23. The van der Waals surface area contributed by atoms with Gasteiger partial charge in [0.05, 0.1) is 22.3 Å². The largest absolute Gasteiger partial charge is 0.478 e. The molecule has 8 heteroatoms. The van der Waals surface area contributed by atoms with Gasteiger partial charge in [-0.1, -0.05) is 48.0 Å². The number of hydrogen-bond acceptors (Lipinski definition) is 5. The van der Waals surface area contributed by atoms with Crippen LogP contribution in [0.25, 0.3) is 0 Å². The van der Waals surface area contributed by atoms with E-state index in [-0.39, 0.29) is 16.2 Å². The first-order valence-corrected chi connectivity index (χ1v) is 12.1. The minimum absolute atomic E-state index is 0.115. The molecule has 0 aliphatic heterocycles. The number of aromatic carboxylic acids is 1. The summed E-state index contributed by atoms with van der Waals surface area (Å²) in [6.45, 7) is 1.01. The maximum absolute atomic E-state index is 12.7. The molecule has 3 N–H and O–H groups in total. The summed E-state index contributed by atoms with van der Waals surface area (Å²) in [4.78, 5) is 11.1. The lowest BCUT2D eigenvalue weighted by Gasteiger charge is -2.12. The Morgan fingerprint density at radius 1 is 0.969 bits per heavy atom. The molecule has 0 aliphatic rings. The Kier molecular flexibility index (Phi) is 8.04. The highest BCUT2D eigenvalue weighted by molar-refractivity contribution is 7.90. The van der Waals surface area contributed by atoms with Gasteiger partial charge in [0, 0.05) is 11.6 Å². The van der Waals surface area contributed by atoms with Crippen molar-refractivity contribution < 1.29 is 23.4 Å². The number of rotatable bonds is 10. The fourth-order valence-electron chi connectivity index (χ4n) is 3.21. The number of hydrogen-bond donors (Lipinski definition) is 3. The van der Waals surface area contributed by atoms with E-state index in [0.29, 0.717) is 30.1 Å². The minimum Gasteiger partial charge on any atom is -0.478 e. The van der Waals surface area contributed by atoms with Crippen LogP contribution in [0.4, 0.5) is 0 Å². The van der Waals surface area contributed by atoms with Crippen LogP contribution in [-0.2, 0) is 22.0 Å². The molecule has 168 valence electrons. The third kappa shape index (κ3) is 6.64. The zero-order valence-corrected chi connectivity index (χ0v) is 18.8. The van der Waals surface area contributed by atoms with Crippen molar-refractivity contribution in [3.63, 3.8) is 0 Å². The van der Waals surface area contributed by atoms with E-state index >= 15 is 0 Å². The van der Waals surface area contributed by atoms with Crippen LogP contribution in [0.5, 0.6) is 0 Å². The van der Waals surface area contributed by atoms with E-state index in [4.69, 9.17) is 16.7 Å². The van der Waals surface area contributed by atoms with Crippen molar-refractivity contribution in [2.45, 2.75) is 23.2 Å². The number of carboxylic acid groups (broad SMARTS) is 1. The Morgan fingerprint density at radius 3 is 2.25 bits per heavy atom. The van der Waals surface area contributed by atoms with Crippen LogP contribution in [0.3, 0.4) is 0 Å². The fraction of sp³-hybridized carbons (Fsp3) is 0.208. The average molecular weight is 474 g/mol. The molecule has 0 amide bonds. The topological polar surface area (TPSA) is 104 Å². The van der Waals surface area contributed by atoms with Gasteiger partial charge in [0.2, 0.25) is 0 Å². The normalized spacial score (nSPS) is 12.4. The van der Waals surface area contributed by atoms with Crippen LogP contribution in [0, 0.1) is 0 Å². The Labute approximate surface area is 192 Å². The summed E-state index contributed by atoms with van der Waals surface area (Å²) in [6, 6.07) is 19.6. The van der Waals surface area contributed by atoms with Gasteiger partial charge in [0.15, 0.2) is 9.84 Å². The zero-order valence-electron chi connectivity index (χ0n) is 17.2. The van der Waals surface area contributed by atoms with Gasteiger partial charge in [0.1, 0.15) is 0 Å². The van der Waals surface area contributed by atoms with Crippen LogP contribution >= 0.6 is 11.6 Å². The summed E-state index contributed by atoms with van der Waals surface area (Å²) in [5.74, 6) is -1.25. The van der Waals surface area contributed by atoms with Crippen molar-refractivity contribution >= 4 is 27.4 Å². The van der Waals surface area contributed by atoms with Crippen LogP contribution in [0.1, 0.15) is 33.2 Å². The molecule has 3 rings (SSSR count). The highest BCUT2D eigenvalue weighted by Crippen LogP contribution is 2.19. The molecule has 1 atom stereocenters. The smallest absolute Gasteiger partial charge is 0.335 e. The maximum Gasteiger partial charge on any atom is 0.335 e. The summed E-state index contributed by atoms with van der Waals surface area (Å²) in [6.07, 6.45) is 0.0185. The third-order valence-electron chi connectivity index (χ3n) is 5.00. The predicted octanol–water partition coefficient (Wildman–Crippen LogP) is 3.88. The Balaban J connectivity index is 1.51. The lowest BCUT2D eigenvalue weighted by molar-refractivity contribution is 0.0697. The van der Waals surface area contributed by atoms with E-state index in [1.165, 1.54) is 24.3 Å². The van der Waals surface area contributed by atoms with E-state index in [1.54, 1.807) is 42.5 Å². The van der Waals surface area contributed by atoms with Gasteiger partial charge >= 0.3 is 5.97 Å². The van der Waals surface area contributed by atoms with Gasteiger partial charge in [-0.25, -0.2) is 13.2 Å². The molecule has 0 radical (unpaired) electrons. The SMILES string of the molecule is O=C(O)c1ccc(CS(=O)(=O)c2ccc(CCNC[C@@H](O)c3cccc(Cl)c3)cc2)cc1. The zero-order chi connectivity index (χ0) is 23.1. The Bertz CT molecular complexity index is 1160. The molecule has 0 unspecified atom stereocenters. The molecule has 0 bridgehead atoms. The van der Waals surface area contributed by atoms with Crippen molar-refractivity contribution in [1.29, 1.82) is 0 Å². The molecule has 0 heterocycles. The van der Waals surface area contributed by atoms with Gasteiger partial charge in [0.25, 0.3) is 0 Å². The van der Waals surface area contributed by atoms with E-state index in [9.17, 15) is 18.3 Å². The summed E-state index contributed by atoms with van der Waals surface area (Å²) in [5, 5.41) is 22.9. The second-order valence-electron chi connectivity index (χ2n) is 7.43. The summed E-state index contributed by atoms with van der Waals surface area (Å²) in [5.41, 5.74) is 2.36. The maximum atomic E-state index is 12.7. The van der Waals surface area contributed by atoms with Crippen LogP contribution in [0.15, 0.2) is 77.7 Å². The average Bonchev–Trinajstić information content (AvgIpc) is 2.77. The molecule has 0 saturated heterocycles. The molecule has 3 aromatic rings. The van der Waals surface area contributed by atoms with E-state index in [1.807, 2.05) is 6.07 Å². The molecule has 6 nitrogen and oxygen atoms in total. The molecule has 0 aromatic heterocycles. The van der Waals surface area contributed by atoms with E-state index in [0.717, 1.165) is 11.1 Å². The Hall–Kier alpha value is -2.71. The van der Waals surface area contributed by atoms with Crippen LogP contribution in [0.2, 0.25) is 5.02 Å². The first-order valence-electron chi connectivity index (χ1n) is 10.0. The molecule has 3 aromatic carbocycles. The van der Waals surface area contributed by atoms with Gasteiger partial charge in [-0.15, -0.1) is 0 Å². The van der Waals surface area contributed by atoms with E-state index in [2.05, 4.69) is 5.32 Å². The molecule has 0 spiro atoms. The molecular weight excluding hydrogens is 450 g/mol. The highest BCUT2D eigenvalue weighted by Gasteiger charge is 2.16. The summed E-state index contributed by atoms with van der Waals surface area (Å²) in [7, 11) is -3.54. The first kappa shape index (κ1) is 23.9. The monoisotopic (exact) mass is 473 g/mol. The standard InChI is InChI=1S/C24H24ClNO5S/c25-21-3-1-2-20(14-21)23(27)15-26-13-12-17-6-10-22(11-7-17)32(30,31)16-18-4-8-19(9-5-18)24(28)29/h1-11,14,23,26-27H,12-13,15-16H2,(H,28,29)/t23-/m1/s1. The molecule has 0 saturated carbocycles. The number of sulfone groups is 1. The van der Waals surface area contributed by atoms with Crippen molar-refractivity contribution in [3.8, 4) is 0 Å². The van der Waals surface area contributed by atoms with E-state index < -0.39 is 21.9 Å². The minimum atomic E-state index is -3.54. The highest BCUT2D eigenvalue weighted by atomic mass is 35.5. The van der Waals surface area contributed by atoms with Crippen LogP contribution < -0.4 is 5.32 Å². The lowest BCUT2D eigenvalue weighted by atomic mass is 10.1. The van der Waals surface area contributed by atoms with Crippen molar-refractivity contribution in [3.05, 3.63) is 100 Å². The molecule has 0 aliphatic carbocycles. The van der Waals surface area contributed by atoms with Crippen molar-refractivity contribution in [2.75, 3.05) is 13.1 Å². The fourth-order valence-corrected chi connectivity index (χ4v) is 4.76. The number of benzene rings is 3. The number of carboxylic acids is 1. The Morgan fingerprint density at radius 2 is 1.62 bits per heavy atom. The van der Waals surface area contributed by atoms with Crippen LogP contribution in [-0.4, -0.2) is 37.7 Å². The number of halogens is 1. The second-order valence-corrected chi connectivity index (χ2v) is 9.86. The number of aliphatic hydroxyl groups excluding tert-OH is 1. The van der Waals surface area contributed by atoms with Gasteiger partial charge < -0.3 is 15.5 Å². The van der Waals surface area contributed by atoms with Crippen molar-refractivity contribution in [2.24, 2.45) is 0 Å². The van der Waals surface area contributed by atoms with Gasteiger partial charge in [-0.3, -0.25) is 0 Å². The molecular formula is C24H24ClNO5S. The third-order valence-corrected chi connectivity index (χ3v) is 6.94. The molecule has 32 heavy (non-hydrogen) atoms. The number of nitrogens with one attached hydrogen (secondary N) is 1.